The molecule has 3 nitrogen and oxygen atoms in total. The molecule has 0 radical (unpaired) electrons. The molecule has 1 aromatic carbocycles. The van der Waals surface area contributed by atoms with Crippen LogP contribution in [0.2, 0.25) is 0 Å². The Labute approximate surface area is 123 Å². The summed E-state index contributed by atoms with van der Waals surface area (Å²) in [6, 6.07) is 9.77. The highest BCUT2D eigenvalue weighted by Gasteiger charge is 2.20. The van der Waals surface area contributed by atoms with Crippen molar-refractivity contribution in [3.05, 3.63) is 51.7 Å². The average Bonchev–Trinajstić information content (AvgIpc) is 2.88. The molecule has 20 heavy (non-hydrogen) atoms. The first kappa shape index (κ1) is 14.6. The number of aryl methyl sites for hydroxylation is 1. The van der Waals surface area contributed by atoms with E-state index in [2.05, 4.69) is 24.8 Å². The second-order valence-corrected chi connectivity index (χ2v) is 6.11. The smallest absolute Gasteiger partial charge is 0.337 e. The van der Waals surface area contributed by atoms with Crippen molar-refractivity contribution in [2.24, 2.45) is 0 Å². The molecule has 0 aliphatic carbocycles. The van der Waals surface area contributed by atoms with Gasteiger partial charge in [-0.25, -0.2) is 4.79 Å². The molecule has 0 aliphatic rings. The second kappa shape index (κ2) is 6.09. The first-order chi connectivity index (χ1) is 9.50. The number of hydrogen-bond donors (Lipinski definition) is 1. The number of anilines is 1. The molecule has 0 bridgehead atoms. The number of aromatic carboxylic acids is 1. The average molecular weight is 289 g/mol. The number of rotatable bonds is 5. The van der Waals surface area contributed by atoms with E-state index in [0.29, 0.717) is 5.56 Å². The summed E-state index contributed by atoms with van der Waals surface area (Å²) in [6.45, 7) is 6.88. The van der Waals surface area contributed by atoms with Crippen molar-refractivity contribution in [2.45, 2.75) is 33.4 Å². The number of carbonyl (C=O) groups is 1. The van der Waals surface area contributed by atoms with Crippen LogP contribution >= 0.6 is 11.3 Å². The summed E-state index contributed by atoms with van der Waals surface area (Å²) in [7, 11) is 0. The van der Waals surface area contributed by atoms with Gasteiger partial charge in [-0.3, -0.25) is 0 Å². The van der Waals surface area contributed by atoms with Crippen LogP contribution in [0.15, 0.2) is 35.7 Å². The van der Waals surface area contributed by atoms with Crippen molar-refractivity contribution in [3.8, 4) is 0 Å². The highest BCUT2D eigenvalue weighted by Crippen LogP contribution is 2.29. The third kappa shape index (κ3) is 3.02. The van der Waals surface area contributed by atoms with E-state index in [9.17, 15) is 9.90 Å². The molecular weight excluding hydrogens is 270 g/mol. The van der Waals surface area contributed by atoms with Crippen LogP contribution in [0.3, 0.4) is 0 Å². The van der Waals surface area contributed by atoms with Crippen molar-refractivity contribution >= 4 is 23.0 Å². The molecule has 0 atom stereocenters. The van der Waals surface area contributed by atoms with Crippen molar-refractivity contribution in [1.29, 1.82) is 0 Å². The summed E-state index contributed by atoms with van der Waals surface area (Å²) in [5.74, 6) is -0.875. The van der Waals surface area contributed by atoms with Crippen LogP contribution in [0.4, 0.5) is 5.69 Å². The van der Waals surface area contributed by atoms with Crippen LogP contribution in [-0.4, -0.2) is 17.1 Å². The van der Waals surface area contributed by atoms with Crippen molar-refractivity contribution < 1.29 is 9.90 Å². The topological polar surface area (TPSA) is 40.5 Å². The van der Waals surface area contributed by atoms with Crippen LogP contribution in [0.1, 0.15) is 34.6 Å². The number of thiophene rings is 1. The molecule has 1 aromatic heterocycles. The Bertz CT molecular complexity index is 591. The molecule has 0 unspecified atom stereocenters. The summed E-state index contributed by atoms with van der Waals surface area (Å²) in [5.41, 5.74) is 2.19. The van der Waals surface area contributed by atoms with E-state index in [-0.39, 0.29) is 6.04 Å². The van der Waals surface area contributed by atoms with Gasteiger partial charge in [0.25, 0.3) is 0 Å². The van der Waals surface area contributed by atoms with Gasteiger partial charge in [0.2, 0.25) is 0 Å². The van der Waals surface area contributed by atoms with Gasteiger partial charge in [0.1, 0.15) is 0 Å². The number of benzene rings is 1. The van der Waals surface area contributed by atoms with Crippen LogP contribution in [0, 0.1) is 6.92 Å². The van der Waals surface area contributed by atoms with Crippen LogP contribution in [-0.2, 0) is 6.54 Å². The molecule has 0 fully saturated rings. The fourth-order valence-corrected chi connectivity index (χ4v) is 3.01. The predicted octanol–water partition coefficient (Wildman–Crippen LogP) is 4.17. The van der Waals surface area contributed by atoms with Crippen molar-refractivity contribution in [1.82, 2.24) is 0 Å². The monoisotopic (exact) mass is 289 g/mol. The van der Waals surface area contributed by atoms with E-state index < -0.39 is 5.97 Å². The molecule has 2 aromatic rings. The molecule has 1 N–H and O–H groups in total. The van der Waals surface area contributed by atoms with Crippen molar-refractivity contribution in [2.75, 3.05) is 4.90 Å². The van der Waals surface area contributed by atoms with Gasteiger partial charge in [0.15, 0.2) is 0 Å². The van der Waals surface area contributed by atoms with E-state index in [1.54, 1.807) is 23.5 Å². The molecule has 0 amide bonds. The predicted molar refractivity (Wildman–Crippen MR) is 83.8 cm³/mol. The Balaban J connectivity index is 2.46. The highest BCUT2D eigenvalue weighted by atomic mass is 32.1. The zero-order chi connectivity index (χ0) is 14.7. The third-order valence-electron chi connectivity index (χ3n) is 3.29. The lowest BCUT2D eigenvalue weighted by Gasteiger charge is -2.31. The lowest BCUT2D eigenvalue weighted by atomic mass is 10.1. The van der Waals surface area contributed by atoms with Gasteiger partial charge in [-0.05, 0) is 43.8 Å². The quantitative estimate of drug-likeness (QED) is 0.898. The van der Waals surface area contributed by atoms with Gasteiger partial charge >= 0.3 is 5.97 Å². The first-order valence-electron chi connectivity index (χ1n) is 6.62. The molecule has 0 aliphatic heterocycles. The molecular formula is C16H19NO2S. The van der Waals surface area contributed by atoms with Gasteiger partial charge < -0.3 is 10.0 Å². The maximum atomic E-state index is 11.5. The number of carboxylic acid groups (broad SMARTS) is 1. The maximum absolute atomic E-state index is 11.5. The Kier molecular flexibility index (Phi) is 4.45. The van der Waals surface area contributed by atoms with E-state index in [1.165, 1.54) is 4.88 Å². The summed E-state index contributed by atoms with van der Waals surface area (Å²) in [5, 5.41) is 11.5. The van der Waals surface area contributed by atoms with Crippen LogP contribution in [0.5, 0.6) is 0 Å². The number of para-hydroxylation sites is 1. The van der Waals surface area contributed by atoms with E-state index in [1.807, 2.05) is 24.4 Å². The van der Waals surface area contributed by atoms with Gasteiger partial charge in [-0.1, -0.05) is 18.2 Å². The molecule has 0 saturated heterocycles. The number of nitrogens with zero attached hydrogens (tertiary/aromatic N) is 1. The van der Waals surface area contributed by atoms with Crippen LogP contribution in [0.25, 0.3) is 0 Å². The second-order valence-electron chi connectivity index (χ2n) is 5.08. The minimum Gasteiger partial charge on any atom is -0.478 e. The first-order valence-corrected chi connectivity index (χ1v) is 7.50. The summed E-state index contributed by atoms with van der Waals surface area (Å²) >= 11 is 1.69. The van der Waals surface area contributed by atoms with E-state index in [0.717, 1.165) is 17.8 Å². The standard InChI is InChI=1S/C16H19NO2S/c1-11(2)17(10-13-7-5-9-20-13)15-12(3)6-4-8-14(15)16(18)19/h4-9,11H,10H2,1-3H3,(H,18,19). The van der Waals surface area contributed by atoms with Crippen LogP contribution < -0.4 is 4.90 Å². The number of carboxylic acids is 1. The fourth-order valence-electron chi connectivity index (χ4n) is 2.30. The van der Waals surface area contributed by atoms with Gasteiger partial charge in [-0.2, -0.15) is 0 Å². The normalized spacial score (nSPS) is 10.8. The molecule has 0 saturated carbocycles. The summed E-state index contributed by atoms with van der Waals surface area (Å²) < 4.78 is 0. The Morgan fingerprint density at radius 1 is 1.30 bits per heavy atom. The van der Waals surface area contributed by atoms with Crippen molar-refractivity contribution in [3.63, 3.8) is 0 Å². The van der Waals surface area contributed by atoms with E-state index in [4.69, 9.17) is 0 Å². The molecule has 106 valence electrons. The zero-order valence-electron chi connectivity index (χ0n) is 12.0. The SMILES string of the molecule is Cc1cccc(C(=O)O)c1N(Cc1cccs1)C(C)C. The summed E-state index contributed by atoms with van der Waals surface area (Å²) in [4.78, 5) is 14.9. The minimum absolute atomic E-state index is 0.233. The Hall–Kier alpha value is -1.81. The lowest BCUT2D eigenvalue weighted by molar-refractivity contribution is 0.0697. The largest absolute Gasteiger partial charge is 0.478 e. The number of hydrogen-bond acceptors (Lipinski definition) is 3. The minimum atomic E-state index is -0.875. The highest BCUT2D eigenvalue weighted by molar-refractivity contribution is 7.09. The molecule has 0 spiro atoms. The van der Waals surface area contributed by atoms with Gasteiger partial charge in [-0.15, -0.1) is 11.3 Å². The lowest BCUT2D eigenvalue weighted by Crippen LogP contribution is -2.32. The van der Waals surface area contributed by atoms with Gasteiger partial charge in [0, 0.05) is 10.9 Å². The summed E-state index contributed by atoms with van der Waals surface area (Å²) in [6.07, 6.45) is 0. The van der Waals surface area contributed by atoms with E-state index >= 15 is 0 Å². The third-order valence-corrected chi connectivity index (χ3v) is 4.15. The fraction of sp³-hybridized carbons (Fsp3) is 0.312. The molecule has 1 heterocycles. The van der Waals surface area contributed by atoms with Gasteiger partial charge in [0.05, 0.1) is 17.8 Å². The molecule has 4 heteroatoms. The zero-order valence-corrected chi connectivity index (χ0v) is 12.8. The Morgan fingerprint density at radius 2 is 2.05 bits per heavy atom. The maximum Gasteiger partial charge on any atom is 0.337 e. The Morgan fingerprint density at radius 3 is 2.60 bits per heavy atom. The molecule has 2 rings (SSSR count).